The van der Waals surface area contributed by atoms with E-state index in [9.17, 15) is 4.79 Å². The molecule has 3 nitrogen and oxygen atoms in total. The van der Waals surface area contributed by atoms with Crippen LogP contribution in [0.1, 0.15) is 15.9 Å². The Hall–Kier alpha value is -1.39. The Morgan fingerprint density at radius 1 is 1.33 bits per heavy atom. The average molecular weight is 326 g/mol. The number of nitrogens with zero attached hydrogens (tertiary/aromatic N) is 1. The Bertz CT molecular complexity index is 584. The molecule has 0 aliphatic carbocycles. The number of aryl methyl sites for hydroxylation is 1. The molecule has 18 heavy (non-hydrogen) atoms. The molecule has 1 amide bonds. The number of nitrogens with one attached hydrogen (secondary N) is 1. The molecule has 0 aliphatic heterocycles. The zero-order valence-electron chi connectivity index (χ0n) is 9.58. The fraction of sp³-hybridized carbons (Fsp3) is 0.0769. The smallest absolute Gasteiger partial charge is 0.256 e. The predicted octanol–water partition coefficient (Wildman–Crippen LogP) is 4.06. The normalized spacial score (nSPS) is 10.2. The second kappa shape index (κ2) is 5.50. The zero-order chi connectivity index (χ0) is 13.1. The molecule has 92 valence electrons. The molecule has 0 saturated heterocycles. The van der Waals surface area contributed by atoms with E-state index < -0.39 is 0 Å². The van der Waals surface area contributed by atoms with Crippen LogP contribution in [0.4, 0.5) is 5.69 Å². The van der Waals surface area contributed by atoms with Gasteiger partial charge in [0.15, 0.2) is 0 Å². The molecule has 2 aromatic rings. The van der Waals surface area contributed by atoms with Gasteiger partial charge in [0.05, 0.1) is 17.4 Å². The van der Waals surface area contributed by atoms with E-state index in [0.717, 1.165) is 10.0 Å². The maximum Gasteiger partial charge on any atom is 0.256 e. The molecule has 0 saturated carbocycles. The summed E-state index contributed by atoms with van der Waals surface area (Å²) in [6.07, 6.45) is 1.52. The summed E-state index contributed by atoms with van der Waals surface area (Å²) in [6.45, 7) is 1.94. The van der Waals surface area contributed by atoms with E-state index in [2.05, 4.69) is 26.2 Å². The van der Waals surface area contributed by atoms with Crippen molar-refractivity contribution in [1.82, 2.24) is 4.98 Å². The number of halogens is 2. The molecule has 0 radical (unpaired) electrons. The summed E-state index contributed by atoms with van der Waals surface area (Å²) in [4.78, 5) is 16.0. The lowest BCUT2D eigenvalue weighted by Crippen LogP contribution is -2.12. The van der Waals surface area contributed by atoms with Crippen molar-refractivity contribution >= 4 is 39.1 Å². The summed E-state index contributed by atoms with van der Waals surface area (Å²) in [6, 6.07) is 8.94. The van der Waals surface area contributed by atoms with Crippen LogP contribution in [0.15, 0.2) is 41.0 Å². The largest absolute Gasteiger partial charge is 0.321 e. The first kappa shape index (κ1) is 13.1. The maximum atomic E-state index is 12.1. The highest BCUT2D eigenvalue weighted by Gasteiger charge is 2.10. The van der Waals surface area contributed by atoms with Crippen molar-refractivity contribution in [2.45, 2.75) is 6.92 Å². The van der Waals surface area contributed by atoms with Gasteiger partial charge in [-0.15, -0.1) is 0 Å². The van der Waals surface area contributed by atoms with Crippen LogP contribution in [0.3, 0.4) is 0 Å². The molecular weight excluding hydrogens is 316 g/mol. The van der Waals surface area contributed by atoms with Crippen LogP contribution in [0, 0.1) is 6.92 Å². The van der Waals surface area contributed by atoms with Gasteiger partial charge < -0.3 is 5.32 Å². The Balaban J connectivity index is 2.21. The van der Waals surface area contributed by atoms with E-state index in [4.69, 9.17) is 11.6 Å². The molecule has 0 atom stereocenters. The summed E-state index contributed by atoms with van der Waals surface area (Å²) < 4.78 is 0.757. The first-order chi connectivity index (χ1) is 8.56. The summed E-state index contributed by atoms with van der Waals surface area (Å²) in [5.74, 6) is -0.185. The molecule has 2 rings (SSSR count). The first-order valence-electron chi connectivity index (χ1n) is 5.25. The molecular formula is C13H10BrClN2O. The van der Waals surface area contributed by atoms with Crippen LogP contribution in [-0.4, -0.2) is 10.9 Å². The van der Waals surface area contributed by atoms with Gasteiger partial charge in [-0.3, -0.25) is 4.79 Å². The zero-order valence-corrected chi connectivity index (χ0v) is 11.9. The number of aromatic nitrogens is 1. The van der Waals surface area contributed by atoms with Gasteiger partial charge in [0.2, 0.25) is 0 Å². The van der Waals surface area contributed by atoms with Crippen LogP contribution in [0.2, 0.25) is 5.15 Å². The Kier molecular flexibility index (Phi) is 3.99. The Morgan fingerprint density at radius 2 is 2.11 bits per heavy atom. The van der Waals surface area contributed by atoms with Gasteiger partial charge in [-0.05, 0) is 47.1 Å². The van der Waals surface area contributed by atoms with Gasteiger partial charge in [0.1, 0.15) is 5.15 Å². The third-order valence-corrected chi connectivity index (χ3v) is 3.27. The van der Waals surface area contributed by atoms with E-state index in [1.165, 1.54) is 6.20 Å². The van der Waals surface area contributed by atoms with Crippen molar-refractivity contribution in [2.75, 3.05) is 5.32 Å². The van der Waals surface area contributed by atoms with Gasteiger partial charge in [-0.2, -0.15) is 0 Å². The minimum atomic E-state index is -0.185. The van der Waals surface area contributed by atoms with E-state index >= 15 is 0 Å². The minimum Gasteiger partial charge on any atom is -0.321 e. The number of benzene rings is 1. The van der Waals surface area contributed by atoms with E-state index in [1.807, 2.05) is 25.1 Å². The van der Waals surface area contributed by atoms with E-state index in [0.29, 0.717) is 16.4 Å². The van der Waals surface area contributed by atoms with Crippen LogP contribution < -0.4 is 5.32 Å². The highest BCUT2D eigenvalue weighted by atomic mass is 79.9. The predicted molar refractivity (Wildman–Crippen MR) is 76.1 cm³/mol. The average Bonchev–Trinajstić information content (AvgIpc) is 2.35. The fourth-order valence-corrected chi connectivity index (χ4v) is 2.00. The number of carbonyl (C=O) groups is 1. The van der Waals surface area contributed by atoms with Crippen molar-refractivity contribution < 1.29 is 4.79 Å². The molecule has 5 heteroatoms. The number of hydrogen-bond acceptors (Lipinski definition) is 2. The van der Waals surface area contributed by atoms with Crippen molar-refractivity contribution in [3.05, 3.63) is 57.3 Å². The number of rotatable bonds is 2. The second-order valence-corrected chi connectivity index (χ2v) is 5.05. The molecule has 0 spiro atoms. The SMILES string of the molecule is Cc1ccc(Br)c(C(=O)Nc2ccc(Cl)nc2)c1. The molecule has 0 aliphatic rings. The van der Waals surface area contributed by atoms with Crippen molar-refractivity contribution in [2.24, 2.45) is 0 Å². The monoisotopic (exact) mass is 324 g/mol. The third-order valence-electron chi connectivity index (χ3n) is 2.35. The fourth-order valence-electron chi connectivity index (χ4n) is 1.46. The topological polar surface area (TPSA) is 42.0 Å². The second-order valence-electron chi connectivity index (χ2n) is 3.81. The molecule has 1 N–H and O–H groups in total. The number of carbonyl (C=O) groups excluding carboxylic acids is 1. The van der Waals surface area contributed by atoms with Crippen LogP contribution in [0.5, 0.6) is 0 Å². The molecule has 1 heterocycles. The summed E-state index contributed by atoms with van der Waals surface area (Å²) in [5.41, 5.74) is 2.22. The van der Waals surface area contributed by atoms with Gasteiger partial charge in [-0.25, -0.2) is 4.98 Å². The Labute approximate surface area is 118 Å². The lowest BCUT2D eigenvalue weighted by Gasteiger charge is -2.07. The van der Waals surface area contributed by atoms with Crippen LogP contribution in [-0.2, 0) is 0 Å². The van der Waals surface area contributed by atoms with Crippen LogP contribution >= 0.6 is 27.5 Å². The summed E-state index contributed by atoms with van der Waals surface area (Å²) in [5, 5.41) is 3.16. The van der Waals surface area contributed by atoms with E-state index in [-0.39, 0.29) is 5.91 Å². The first-order valence-corrected chi connectivity index (χ1v) is 6.42. The number of amides is 1. The standard InChI is InChI=1S/C13H10BrClN2O/c1-8-2-4-11(14)10(6-8)13(18)17-9-3-5-12(15)16-7-9/h2-7H,1H3,(H,17,18). The van der Waals surface area contributed by atoms with Crippen LogP contribution in [0.25, 0.3) is 0 Å². The molecule has 0 fully saturated rings. The lowest BCUT2D eigenvalue weighted by atomic mass is 10.1. The molecule has 0 bridgehead atoms. The summed E-state index contributed by atoms with van der Waals surface area (Å²) in [7, 11) is 0. The van der Waals surface area contributed by atoms with Gasteiger partial charge in [-0.1, -0.05) is 23.2 Å². The van der Waals surface area contributed by atoms with E-state index in [1.54, 1.807) is 12.1 Å². The molecule has 0 unspecified atom stereocenters. The van der Waals surface area contributed by atoms with Crippen molar-refractivity contribution in [3.8, 4) is 0 Å². The molecule has 1 aromatic carbocycles. The highest BCUT2D eigenvalue weighted by Crippen LogP contribution is 2.20. The van der Waals surface area contributed by atoms with Gasteiger partial charge in [0, 0.05) is 4.47 Å². The van der Waals surface area contributed by atoms with Crippen molar-refractivity contribution in [3.63, 3.8) is 0 Å². The van der Waals surface area contributed by atoms with Crippen molar-refractivity contribution in [1.29, 1.82) is 0 Å². The third kappa shape index (κ3) is 3.09. The number of hydrogen-bond donors (Lipinski definition) is 1. The summed E-state index contributed by atoms with van der Waals surface area (Å²) >= 11 is 9.04. The quantitative estimate of drug-likeness (QED) is 0.846. The number of pyridine rings is 1. The lowest BCUT2D eigenvalue weighted by molar-refractivity contribution is 0.102. The van der Waals surface area contributed by atoms with Gasteiger partial charge >= 0.3 is 0 Å². The highest BCUT2D eigenvalue weighted by molar-refractivity contribution is 9.10. The minimum absolute atomic E-state index is 0.185. The Morgan fingerprint density at radius 3 is 2.78 bits per heavy atom. The van der Waals surface area contributed by atoms with Gasteiger partial charge in [0.25, 0.3) is 5.91 Å². The number of anilines is 1. The molecule has 1 aromatic heterocycles. The maximum absolute atomic E-state index is 12.1.